The van der Waals surface area contributed by atoms with E-state index in [2.05, 4.69) is 9.80 Å². The number of amides is 2. The minimum absolute atomic E-state index is 0.0188. The van der Waals surface area contributed by atoms with E-state index in [0.717, 1.165) is 37.7 Å². The van der Waals surface area contributed by atoms with E-state index in [4.69, 9.17) is 4.74 Å². The maximum atomic E-state index is 13.3. The van der Waals surface area contributed by atoms with Crippen molar-refractivity contribution in [2.75, 3.05) is 64.5 Å². The summed E-state index contributed by atoms with van der Waals surface area (Å²) < 4.78 is 4.96. The largest absolute Gasteiger partial charge is 0.375 e. The molecule has 0 N–H and O–H groups in total. The van der Waals surface area contributed by atoms with Gasteiger partial charge in [0.15, 0.2) is 0 Å². The van der Waals surface area contributed by atoms with E-state index in [9.17, 15) is 9.59 Å². The van der Waals surface area contributed by atoms with Gasteiger partial charge in [-0.25, -0.2) is 0 Å². The molecule has 3 fully saturated rings. The molecule has 1 unspecified atom stereocenters. The SMILES string of the molecule is COCC(=O)N1CCN(C(C(=O)N2CCSCC2)C2CCCC2)CC1. The average molecular weight is 370 g/mol. The number of ether oxygens (including phenoxy) is 1. The van der Waals surface area contributed by atoms with Crippen molar-refractivity contribution in [3.05, 3.63) is 0 Å². The highest BCUT2D eigenvalue weighted by molar-refractivity contribution is 7.99. The lowest BCUT2D eigenvalue weighted by Gasteiger charge is -2.43. The van der Waals surface area contributed by atoms with Crippen LogP contribution >= 0.6 is 11.8 Å². The number of hydrogen-bond donors (Lipinski definition) is 0. The standard InChI is InChI=1S/C18H31N3O3S/c1-24-14-16(22)19-6-8-20(9-7-19)17(15-4-2-3-5-15)18(23)21-10-12-25-13-11-21/h15,17H,2-14H2,1H3. The van der Waals surface area contributed by atoms with Crippen molar-refractivity contribution in [1.82, 2.24) is 14.7 Å². The van der Waals surface area contributed by atoms with Gasteiger partial charge in [-0.2, -0.15) is 11.8 Å². The van der Waals surface area contributed by atoms with E-state index >= 15 is 0 Å². The summed E-state index contributed by atoms with van der Waals surface area (Å²) in [5.74, 6) is 3.00. The van der Waals surface area contributed by atoms with E-state index in [1.807, 2.05) is 16.7 Å². The molecule has 25 heavy (non-hydrogen) atoms. The lowest BCUT2D eigenvalue weighted by Crippen LogP contribution is -2.59. The van der Waals surface area contributed by atoms with Crippen molar-refractivity contribution < 1.29 is 14.3 Å². The molecule has 0 aromatic rings. The van der Waals surface area contributed by atoms with Crippen molar-refractivity contribution in [1.29, 1.82) is 0 Å². The fourth-order valence-electron chi connectivity index (χ4n) is 4.36. The minimum Gasteiger partial charge on any atom is -0.375 e. The maximum Gasteiger partial charge on any atom is 0.248 e. The first-order valence-electron chi connectivity index (χ1n) is 9.58. The topological polar surface area (TPSA) is 53.1 Å². The molecule has 2 heterocycles. The van der Waals surface area contributed by atoms with E-state index in [1.165, 1.54) is 25.7 Å². The highest BCUT2D eigenvalue weighted by atomic mass is 32.2. The number of carbonyl (C=O) groups excluding carboxylic acids is 2. The first-order chi connectivity index (χ1) is 12.2. The predicted octanol–water partition coefficient (Wildman–Crippen LogP) is 0.911. The Kier molecular flexibility index (Phi) is 7.01. The number of thioether (sulfide) groups is 1. The molecule has 7 heteroatoms. The average Bonchev–Trinajstić information content (AvgIpc) is 3.17. The normalized spacial score (nSPS) is 24.5. The highest BCUT2D eigenvalue weighted by Crippen LogP contribution is 2.32. The Hall–Kier alpha value is -0.790. The van der Waals surface area contributed by atoms with Gasteiger partial charge in [0.25, 0.3) is 0 Å². The number of rotatable bonds is 5. The van der Waals surface area contributed by atoms with Crippen LogP contribution in [0.25, 0.3) is 0 Å². The van der Waals surface area contributed by atoms with Gasteiger partial charge in [-0.1, -0.05) is 12.8 Å². The van der Waals surface area contributed by atoms with Crippen LogP contribution < -0.4 is 0 Å². The molecule has 1 saturated carbocycles. The van der Waals surface area contributed by atoms with Crippen molar-refractivity contribution in [2.45, 2.75) is 31.7 Å². The van der Waals surface area contributed by atoms with Gasteiger partial charge < -0.3 is 14.5 Å². The zero-order valence-electron chi connectivity index (χ0n) is 15.3. The lowest BCUT2D eigenvalue weighted by molar-refractivity contribution is -0.142. The molecule has 2 aliphatic heterocycles. The van der Waals surface area contributed by atoms with Crippen molar-refractivity contribution in [2.24, 2.45) is 5.92 Å². The molecule has 142 valence electrons. The van der Waals surface area contributed by atoms with Gasteiger partial charge in [0, 0.05) is 57.9 Å². The highest BCUT2D eigenvalue weighted by Gasteiger charge is 2.39. The van der Waals surface area contributed by atoms with Gasteiger partial charge >= 0.3 is 0 Å². The monoisotopic (exact) mass is 369 g/mol. The Morgan fingerprint density at radius 2 is 1.64 bits per heavy atom. The molecular weight excluding hydrogens is 338 g/mol. The van der Waals surface area contributed by atoms with Crippen LogP contribution in [0.15, 0.2) is 0 Å². The molecule has 0 aromatic heterocycles. The van der Waals surface area contributed by atoms with E-state index in [0.29, 0.717) is 24.9 Å². The zero-order chi connectivity index (χ0) is 17.6. The molecule has 0 spiro atoms. The van der Waals surface area contributed by atoms with Crippen molar-refractivity contribution in [3.63, 3.8) is 0 Å². The van der Waals surface area contributed by atoms with Gasteiger partial charge in [-0.05, 0) is 18.8 Å². The third-order valence-electron chi connectivity index (χ3n) is 5.75. The molecule has 0 radical (unpaired) electrons. The van der Waals surface area contributed by atoms with Crippen molar-refractivity contribution >= 4 is 23.6 Å². The molecule has 0 bridgehead atoms. The minimum atomic E-state index is 0.0188. The number of carbonyl (C=O) groups is 2. The summed E-state index contributed by atoms with van der Waals surface area (Å²) in [4.78, 5) is 31.6. The number of methoxy groups -OCH3 is 1. The summed E-state index contributed by atoms with van der Waals surface area (Å²) in [5.41, 5.74) is 0. The molecule has 1 aliphatic carbocycles. The van der Waals surface area contributed by atoms with Gasteiger partial charge in [0.1, 0.15) is 6.61 Å². The first-order valence-corrected chi connectivity index (χ1v) is 10.7. The Balaban J connectivity index is 1.63. The fourth-order valence-corrected chi connectivity index (χ4v) is 5.27. The van der Waals surface area contributed by atoms with Gasteiger partial charge in [-0.3, -0.25) is 14.5 Å². The Labute approximate surface area is 155 Å². The second kappa shape index (κ2) is 9.24. The van der Waals surface area contributed by atoms with Crippen LogP contribution in [0.2, 0.25) is 0 Å². The molecule has 6 nitrogen and oxygen atoms in total. The van der Waals surface area contributed by atoms with E-state index in [1.54, 1.807) is 7.11 Å². The molecule has 2 amide bonds. The zero-order valence-corrected chi connectivity index (χ0v) is 16.1. The van der Waals surface area contributed by atoms with Crippen LogP contribution in [0.1, 0.15) is 25.7 Å². The molecule has 2 saturated heterocycles. The Bertz CT molecular complexity index is 456. The van der Waals surface area contributed by atoms with Crippen molar-refractivity contribution in [3.8, 4) is 0 Å². The fraction of sp³-hybridized carbons (Fsp3) is 0.889. The summed E-state index contributed by atoms with van der Waals surface area (Å²) in [6.07, 6.45) is 4.83. The third kappa shape index (κ3) is 4.68. The number of hydrogen-bond acceptors (Lipinski definition) is 5. The van der Waals surface area contributed by atoms with Crippen LogP contribution in [-0.2, 0) is 14.3 Å². The van der Waals surface area contributed by atoms with E-state index < -0.39 is 0 Å². The Morgan fingerprint density at radius 3 is 2.24 bits per heavy atom. The predicted molar refractivity (Wildman–Crippen MR) is 99.7 cm³/mol. The maximum absolute atomic E-state index is 13.3. The molecular formula is C18H31N3O3S. The molecule has 3 aliphatic rings. The second-order valence-corrected chi connectivity index (χ2v) is 8.50. The van der Waals surface area contributed by atoms with Crippen LogP contribution in [-0.4, -0.2) is 97.0 Å². The summed E-state index contributed by atoms with van der Waals surface area (Å²) in [7, 11) is 1.56. The summed E-state index contributed by atoms with van der Waals surface area (Å²) in [6.45, 7) is 4.92. The lowest BCUT2D eigenvalue weighted by atomic mass is 9.94. The summed E-state index contributed by atoms with van der Waals surface area (Å²) >= 11 is 1.94. The van der Waals surface area contributed by atoms with E-state index in [-0.39, 0.29) is 18.6 Å². The third-order valence-corrected chi connectivity index (χ3v) is 6.69. The van der Waals surface area contributed by atoms with Crippen LogP contribution in [0, 0.1) is 5.92 Å². The quantitative estimate of drug-likeness (QED) is 0.721. The summed E-state index contributed by atoms with van der Waals surface area (Å²) in [5, 5.41) is 0. The molecule has 0 aromatic carbocycles. The molecule has 3 rings (SSSR count). The number of piperazine rings is 1. The Morgan fingerprint density at radius 1 is 1.00 bits per heavy atom. The molecule has 1 atom stereocenters. The van der Waals surface area contributed by atoms with Crippen LogP contribution in [0.3, 0.4) is 0 Å². The first kappa shape index (κ1) is 19.0. The van der Waals surface area contributed by atoms with Gasteiger partial charge in [0.2, 0.25) is 11.8 Å². The van der Waals surface area contributed by atoms with Crippen LogP contribution in [0.5, 0.6) is 0 Å². The van der Waals surface area contributed by atoms with Crippen LogP contribution in [0.4, 0.5) is 0 Å². The number of nitrogens with zero attached hydrogens (tertiary/aromatic N) is 3. The summed E-state index contributed by atoms with van der Waals surface area (Å²) in [6, 6.07) is 0.0188. The smallest absolute Gasteiger partial charge is 0.248 e. The van der Waals surface area contributed by atoms with Gasteiger partial charge in [0.05, 0.1) is 6.04 Å². The second-order valence-electron chi connectivity index (χ2n) is 7.28. The van der Waals surface area contributed by atoms with Gasteiger partial charge in [-0.15, -0.1) is 0 Å².